The summed E-state index contributed by atoms with van der Waals surface area (Å²) >= 11 is 0. The Hall–Kier alpha value is -2.70. The van der Waals surface area contributed by atoms with Crippen molar-refractivity contribution < 1.29 is 13.9 Å². The third kappa shape index (κ3) is 4.11. The molecule has 0 bridgehead atoms. The summed E-state index contributed by atoms with van der Waals surface area (Å²) in [4.78, 5) is 13.8. The van der Waals surface area contributed by atoms with Crippen LogP contribution in [0.25, 0.3) is 22.0 Å². The molecule has 4 rings (SSSR count). The number of fused-ring (bicyclic) bond motifs is 1. The number of benzene rings is 2. The van der Waals surface area contributed by atoms with Crippen molar-refractivity contribution in [2.24, 2.45) is 5.73 Å². The molecule has 158 valence electrons. The summed E-state index contributed by atoms with van der Waals surface area (Å²) in [5.74, 6) is -0.593. The maximum Gasteiger partial charge on any atom is 0.323 e. The predicted molar refractivity (Wildman–Crippen MR) is 117 cm³/mol. The molecule has 2 N–H and O–H groups in total. The maximum atomic E-state index is 13.4. The Morgan fingerprint density at radius 1 is 1.20 bits per heavy atom. The fourth-order valence-electron chi connectivity index (χ4n) is 4.41. The third-order valence-corrected chi connectivity index (χ3v) is 6.05. The number of carbonyl (C=O) groups excluding carboxylic acids is 1. The van der Waals surface area contributed by atoms with Crippen LogP contribution in [-0.4, -0.2) is 48.2 Å². The molecule has 0 amide bonds. The van der Waals surface area contributed by atoms with Gasteiger partial charge in [0.1, 0.15) is 11.9 Å². The molecular formula is C24H28FN3O2. The van der Waals surface area contributed by atoms with E-state index >= 15 is 0 Å². The summed E-state index contributed by atoms with van der Waals surface area (Å²) in [7, 11) is 1.37. The number of hydrogen-bond acceptors (Lipinski definition) is 4. The Bertz CT molecular complexity index is 1040. The normalized spacial score (nSPS) is 16.7. The van der Waals surface area contributed by atoms with Crippen LogP contribution in [0.15, 0.2) is 48.7 Å². The molecule has 6 heteroatoms. The van der Waals surface area contributed by atoms with Gasteiger partial charge in [0.05, 0.1) is 7.11 Å². The molecule has 0 aliphatic carbocycles. The number of likely N-dealkylation sites (tertiary alicyclic amines) is 1. The van der Waals surface area contributed by atoms with Crippen LogP contribution in [0.4, 0.5) is 4.39 Å². The Morgan fingerprint density at radius 2 is 1.90 bits per heavy atom. The number of hydrogen-bond donors (Lipinski definition) is 1. The Morgan fingerprint density at radius 3 is 2.57 bits per heavy atom. The monoisotopic (exact) mass is 409 g/mol. The number of rotatable bonds is 5. The minimum atomic E-state index is -0.605. The second kappa shape index (κ2) is 8.58. The lowest BCUT2D eigenvalue weighted by Gasteiger charge is -2.34. The number of piperidine rings is 1. The molecule has 0 saturated carbocycles. The summed E-state index contributed by atoms with van der Waals surface area (Å²) in [5, 5.41) is 1.19. The van der Waals surface area contributed by atoms with Crippen molar-refractivity contribution in [3.8, 4) is 11.1 Å². The van der Waals surface area contributed by atoms with Gasteiger partial charge in [0.15, 0.2) is 0 Å². The van der Waals surface area contributed by atoms with Gasteiger partial charge >= 0.3 is 5.97 Å². The van der Waals surface area contributed by atoms with Crippen molar-refractivity contribution in [1.82, 2.24) is 9.47 Å². The van der Waals surface area contributed by atoms with Crippen molar-refractivity contribution in [3.05, 3.63) is 60.0 Å². The number of aryl methyl sites for hydroxylation is 1. The number of nitrogens with two attached hydrogens (primary N) is 1. The van der Waals surface area contributed by atoms with Crippen molar-refractivity contribution in [2.75, 3.05) is 26.7 Å². The Labute approximate surface area is 176 Å². The molecule has 1 aliphatic heterocycles. The van der Waals surface area contributed by atoms with E-state index in [0.29, 0.717) is 12.6 Å². The molecule has 3 aromatic rings. The molecule has 0 radical (unpaired) electrons. The topological polar surface area (TPSA) is 60.5 Å². The van der Waals surface area contributed by atoms with Gasteiger partial charge in [-0.1, -0.05) is 23.8 Å². The average Bonchev–Trinajstić information content (AvgIpc) is 3.12. The van der Waals surface area contributed by atoms with Crippen LogP contribution in [0.5, 0.6) is 0 Å². The van der Waals surface area contributed by atoms with Gasteiger partial charge in [-0.2, -0.15) is 0 Å². The molecule has 2 aromatic carbocycles. The van der Waals surface area contributed by atoms with Gasteiger partial charge < -0.3 is 19.9 Å². The SMILES string of the molecule is COC(=O)C(N)CN1CCC(n2cc(-c3ccc(F)cc3)c3cc(C)ccc32)CC1. The largest absolute Gasteiger partial charge is 0.468 e. The van der Waals surface area contributed by atoms with Crippen LogP contribution >= 0.6 is 0 Å². The summed E-state index contributed by atoms with van der Waals surface area (Å²) in [6.07, 6.45) is 4.17. The number of nitrogens with zero attached hydrogens (tertiary/aromatic N) is 2. The smallest absolute Gasteiger partial charge is 0.323 e. The van der Waals surface area contributed by atoms with Gasteiger partial charge in [-0.05, 0) is 49.6 Å². The standard InChI is InChI=1S/C24H28FN3O2/c1-16-3-8-23-20(13-16)21(17-4-6-18(25)7-5-17)14-28(23)19-9-11-27(12-10-19)15-22(26)24(29)30-2/h3-8,13-14,19,22H,9-12,15,26H2,1-2H3. The molecule has 1 aromatic heterocycles. The molecule has 0 spiro atoms. The molecule has 30 heavy (non-hydrogen) atoms. The van der Waals surface area contributed by atoms with Gasteiger partial charge in [0, 0.05) is 48.3 Å². The van der Waals surface area contributed by atoms with Crippen LogP contribution < -0.4 is 5.73 Å². The first-order valence-electron chi connectivity index (χ1n) is 10.4. The fourth-order valence-corrected chi connectivity index (χ4v) is 4.41. The lowest BCUT2D eigenvalue weighted by atomic mass is 10.0. The molecular weight excluding hydrogens is 381 g/mol. The highest BCUT2D eigenvalue weighted by Crippen LogP contribution is 2.36. The Kier molecular flexibility index (Phi) is 5.88. The highest BCUT2D eigenvalue weighted by Gasteiger charge is 2.25. The highest BCUT2D eigenvalue weighted by atomic mass is 19.1. The van der Waals surface area contributed by atoms with E-state index in [1.807, 2.05) is 12.1 Å². The average molecular weight is 410 g/mol. The van der Waals surface area contributed by atoms with Crippen molar-refractivity contribution in [2.45, 2.75) is 31.8 Å². The van der Waals surface area contributed by atoms with E-state index < -0.39 is 6.04 Å². The molecule has 1 fully saturated rings. The minimum absolute atomic E-state index is 0.226. The highest BCUT2D eigenvalue weighted by molar-refractivity contribution is 5.96. The number of carbonyl (C=O) groups is 1. The zero-order chi connectivity index (χ0) is 21.3. The molecule has 5 nitrogen and oxygen atoms in total. The number of halogens is 1. The van der Waals surface area contributed by atoms with Gasteiger partial charge in [0.2, 0.25) is 0 Å². The summed E-state index contributed by atoms with van der Waals surface area (Å²) in [6.45, 7) is 4.37. The zero-order valence-corrected chi connectivity index (χ0v) is 17.5. The number of esters is 1. The third-order valence-electron chi connectivity index (χ3n) is 6.05. The molecule has 1 atom stereocenters. The van der Waals surface area contributed by atoms with Crippen LogP contribution in [0.2, 0.25) is 0 Å². The van der Waals surface area contributed by atoms with Crippen molar-refractivity contribution in [3.63, 3.8) is 0 Å². The molecule has 1 aliphatic rings. The van der Waals surface area contributed by atoms with Gasteiger partial charge in [0.25, 0.3) is 0 Å². The fraction of sp³-hybridized carbons (Fsp3) is 0.375. The number of aromatic nitrogens is 1. The quantitative estimate of drug-likeness (QED) is 0.650. The lowest BCUT2D eigenvalue weighted by Crippen LogP contribution is -2.46. The maximum absolute atomic E-state index is 13.4. The zero-order valence-electron chi connectivity index (χ0n) is 17.5. The van der Waals surface area contributed by atoms with Gasteiger partial charge in [-0.25, -0.2) is 4.39 Å². The van der Waals surface area contributed by atoms with E-state index in [9.17, 15) is 9.18 Å². The van der Waals surface area contributed by atoms with Crippen LogP contribution in [0.3, 0.4) is 0 Å². The van der Waals surface area contributed by atoms with Crippen LogP contribution in [-0.2, 0) is 9.53 Å². The second-order valence-electron chi connectivity index (χ2n) is 8.14. The predicted octanol–water partition coefficient (Wildman–Crippen LogP) is 3.89. The van der Waals surface area contributed by atoms with Crippen molar-refractivity contribution in [1.29, 1.82) is 0 Å². The van der Waals surface area contributed by atoms with E-state index in [0.717, 1.165) is 37.1 Å². The van der Waals surface area contributed by atoms with E-state index in [2.05, 4.69) is 40.8 Å². The van der Waals surface area contributed by atoms with E-state index in [4.69, 9.17) is 10.5 Å². The van der Waals surface area contributed by atoms with Gasteiger partial charge in [-0.3, -0.25) is 4.79 Å². The minimum Gasteiger partial charge on any atom is -0.468 e. The van der Waals surface area contributed by atoms with Gasteiger partial charge in [-0.15, -0.1) is 0 Å². The van der Waals surface area contributed by atoms with Crippen LogP contribution in [0, 0.1) is 12.7 Å². The lowest BCUT2D eigenvalue weighted by molar-refractivity contribution is -0.142. The van der Waals surface area contributed by atoms with Crippen molar-refractivity contribution >= 4 is 16.9 Å². The van der Waals surface area contributed by atoms with E-state index in [-0.39, 0.29) is 11.8 Å². The van der Waals surface area contributed by atoms with E-state index in [1.54, 1.807) is 0 Å². The first kappa shape index (κ1) is 20.6. The molecule has 1 unspecified atom stereocenters. The first-order chi connectivity index (χ1) is 14.5. The van der Waals surface area contributed by atoms with E-state index in [1.165, 1.54) is 35.7 Å². The molecule has 2 heterocycles. The summed E-state index contributed by atoms with van der Waals surface area (Å²) < 4.78 is 20.5. The first-order valence-corrected chi connectivity index (χ1v) is 10.4. The van der Waals surface area contributed by atoms with Crippen LogP contribution in [0.1, 0.15) is 24.4 Å². The second-order valence-corrected chi connectivity index (χ2v) is 8.14. The molecule has 1 saturated heterocycles. The summed E-state index contributed by atoms with van der Waals surface area (Å²) in [6, 6.07) is 13.0. The summed E-state index contributed by atoms with van der Waals surface area (Å²) in [5.41, 5.74) is 10.5. The number of ether oxygens (including phenoxy) is 1. The Balaban J connectivity index is 1.58. The number of methoxy groups -OCH3 is 1.